The highest BCUT2D eigenvalue weighted by molar-refractivity contribution is 7.14. The summed E-state index contributed by atoms with van der Waals surface area (Å²) in [6, 6.07) is 6.96. The van der Waals surface area contributed by atoms with Crippen LogP contribution in [0, 0.1) is 11.6 Å². The van der Waals surface area contributed by atoms with Crippen LogP contribution >= 0.6 is 11.3 Å². The van der Waals surface area contributed by atoms with Crippen molar-refractivity contribution in [3.05, 3.63) is 59.4 Å². The number of thiazole rings is 1. The van der Waals surface area contributed by atoms with Crippen molar-refractivity contribution in [2.75, 3.05) is 5.43 Å². The molecule has 2 heterocycles. The zero-order chi connectivity index (χ0) is 15.5. The van der Waals surface area contributed by atoms with E-state index in [-0.39, 0.29) is 5.56 Å². The molecule has 0 amide bonds. The van der Waals surface area contributed by atoms with E-state index in [1.165, 1.54) is 23.5 Å². The van der Waals surface area contributed by atoms with Crippen LogP contribution in [0.2, 0.25) is 0 Å². The first-order valence-electron chi connectivity index (χ1n) is 6.38. The fraction of sp³-hybridized carbons (Fsp3) is 0.0667. The Bertz CT molecular complexity index is 812. The van der Waals surface area contributed by atoms with Gasteiger partial charge in [-0.05, 0) is 31.2 Å². The first-order valence-corrected chi connectivity index (χ1v) is 7.26. The van der Waals surface area contributed by atoms with Crippen LogP contribution in [-0.2, 0) is 0 Å². The normalized spacial score (nSPS) is 11.7. The molecule has 0 unspecified atom stereocenters. The Balaban J connectivity index is 1.78. The molecule has 4 nitrogen and oxygen atoms in total. The molecule has 112 valence electrons. The van der Waals surface area contributed by atoms with Crippen LogP contribution in [0.15, 0.2) is 51.5 Å². The summed E-state index contributed by atoms with van der Waals surface area (Å²) in [6.07, 6.45) is 1.56. The Morgan fingerprint density at radius 2 is 2.18 bits per heavy atom. The molecular weight excluding hydrogens is 308 g/mol. The number of nitrogens with one attached hydrogen (secondary N) is 1. The van der Waals surface area contributed by atoms with Gasteiger partial charge in [0.05, 0.1) is 12.0 Å². The lowest BCUT2D eigenvalue weighted by atomic mass is 10.1. The maximum absolute atomic E-state index is 13.7. The fourth-order valence-corrected chi connectivity index (χ4v) is 2.47. The number of halogens is 2. The summed E-state index contributed by atoms with van der Waals surface area (Å²) in [5.74, 6) is -0.616. The van der Waals surface area contributed by atoms with Crippen molar-refractivity contribution in [3.63, 3.8) is 0 Å². The SMILES string of the molecule is C/C(=N\Nc1nc(-c2ccc(F)cc2F)cs1)c1ccco1. The average Bonchev–Trinajstić information content (AvgIpc) is 3.16. The molecule has 0 fully saturated rings. The van der Waals surface area contributed by atoms with Gasteiger partial charge in [0.1, 0.15) is 23.1 Å². The molecule has 1 aromatic carbocycles. The van der Waals surface area contributed by atoms with Gasteiger partial charge in [-0.15, -0.1) is 11.3 Å². The van der Waals surface area contributed by atoms with Crippen LogP contribution in [0.3, 0.4) is 0 Å². The third-order valence-corrected chi connectivity index (χ3v) is 3.66. The van der Waals surface area contributed by atoms with E-state index >= 15 is 0 Å². The molecule has 3 aromatic rings. The number of anilines is 1. The maximum Gasteiger partial charge on any atom is 0.203 e. The van der Waals surface area contributed by atoms with Crippen molar-refractivity contribution in [1.29, 1.82) is 0 Å². The van der Waals surface area contributed by atoms with E-state index in [2.05, 4.69) is 15.5 Å². The maximum atomic E-state index is 13.7. The lowest BCUT2D eigenvalue weighted by molar-refractivity contribution is 0.557. The number of nitrogens with zero attached hydrogens (tertiary/aromatic N) is 2. The molecule has 7 heteroatoms. The van der Waals surface area contributed by atoms with Crippen LogP contribution in [0.25, 0.3) is 11.3 Å². The highest BCUT2D eigenvalue weighted by Crippen LogP contribution is 2.27. The molecule has 3 rings (SSSR count). The molecule has 0 aliphatic carbocycles. The highest BCUT2D eigenvalue weighted by atomic mass is 32.1. The summed E-state index contributed by atoms with van der Waals surface area (Å²) in [7, 11) is 0. The second-order valence-electron chi connectivity index (χ2n) is 4.45. The van der Waals surface area contributed by atoms with Gasteiger partial charge in [-0.3, -0.25) is 5.43 Å². The second-order valence-corrected chi connectivity index (χ2v) is 5.31. The van der Waals surface area contributed by atoms with Crippen molar-refractivity contribution < 1.29 is 13.2 Å². The topological polar surface area (TPSA) is 50.4 Å². The van der Waals surface area contributed by atoms with Crippen molar-refractivity contribution in [1.82, 2.24) is 4.98 Å². The van der Waals surface area contributed by atoms with E-state index in [1.807, 2.05) is 0 Å². The summed E-state index contributed by atoms with van der Waals surface area (Å²) in [4.78, 5) is 4.23. The first-order chi connectivity index (χ1) is 10.6. The van der Waals surface area contributed by atoms with E-state index in [4.69, 9.17) is 4.42 Å². The lowest BCUT2D eigenvalue weighted by Gasteiger charge is -1.99. The Hall–Kier alpha value is -2.54. The van der Waals surface area contributed by atoms with E-state index < -0.39 is 11.6 Å². The molecule has 0 spiro atoms. The molecule has 0 atom stereocenters. The summed E-state index contributed by atoms with van der Waals surface area (Å²) in [6.45, 7) is 1.79. The molecule has 2 aromatic heterocycles. The third-order valence-electron chi connectivity index (χ3n) is 2.91. The number of rotatable bonds is 4. The van der Waals surface area contributed by atoms with Crippen molar-refractivity contribution in [3.8, 4) is 11.3 Å². The van der Waals surface area contributed by atoms with Gasteiger partial charge in [-0.1, -0.05) is 0 Å². The highest BCUT2D eigenvalue weighted by Gasteiger charge is 2.10. The van der Waals surface area contributed by atoms with Gasteiger partial charge in [0.2, 0.25) is 5.13 Å². The molecule has 0 saturated carbocycles. The molecule has 0 radical (unpaired) electrons. The molecule has 0 aliphatic heterocycles. The van der Waals surface area contributed by atoms with E-state index in [1.54, 1.807) is 30.7 Å². The standard InChI is InChI=1S/C15H11F2N3OS/c1-9(14-3-2-6-21-14)19-20-15-18-13(8-22-15)11-5-4-10(16)7-12(11)17/h2-8H,1H3,(H,18,20)/b19-9+. The molecule has 22 heavy (non-hydrogen) atoms. The summed E-state index contributed by atoms with van der Waals surface area (Å²) < 4.78 is 31.8. The number of hydrazone groups is 1. The van der Waals surface area contributed by atoms with E-state index in [0.29, 0.717) is 22.3 Å². The Kier molecular flexibility index (Phi) is 3.97. The fourth-order valence-electron chi connectivity index (χ4n) is 1.82. The molecular formula is C15H11F2N3OS. The number of furan rings is 1. The average molecular weight is 319 g/mol. The van der Waals surface area contributed by atoms with Gasteiger partial charge in [-0.25, -0.2) is 13.8 Å². The minimum absolute atomic E-state index is 0.248. The van der Waals surface area contributed by atoms with Gasteiger partial charge in [-0.2, -0.15) is 5.10 Å². The van der Waals surface area contributed by atoms with Crippen LogP contribution in [0.4, 0.5) is 13.9 Å². The summed E-state index contributed by atoms with van der Waals surface area (Å²) >= 11 is 1.28. The monoisotopic (exact) mass is 319 g/mol. The van der Waals surface area contributed by atoms with Gasteiger partial charge >= 0.3 is 0 Å². The molecule has 1 N–H and O–H groups in total. The summed E-state index contributed by atoms with van der Waals surface area (Å²) in [5.41, 5.74) is 4.13. The first kappa shape index (κ1) is 14.4. The quantitative estimate of drug-likeness (QED) is 0.568. The minimum Gasteiger partial charge on any atom is -0.463 e. The van der Waals surface area contributed by atoms with Crippen LogP contribution < -0.4 is 5.43 Å². The molecule has 0 saturated heterocycles. The van der Waals surface area contributed by atoms with Gasteiger partial charge in [0.25, 0.3) is 0 Å². The van der Waals surface area contributed by atoms with Crippen LogP contribution in [0.5, 0.6) is 0 Å². The third kappa shape index (κ3) is 3.04. The number of aromatic nitrogens is 1. The summed E-state index contributed by atoms with van der Waals surface area (Å²) in [5, 5.41) is 6.33. The van der Waals surface area contributed by atoms with E-state index in [0.717, 1.165) is 6.07 Å². The predicted octanol–water partition coefficient (Wildman–Crippen LogP) is 4.52. The Morgan fingerprint density at radius 1 is 1.32 bits per heavy atom. The van der Waals surface area contributed by atoms with Crippen LogP contribution in [-0.4, -0.2) is 10.7 Å². The lowest BCUT2D eigenvalue weighted by Crippen LogP contribution is -1.97. The van der Waals surface area contributed by atoms with Crippen molar-refractivity contribution >= 4 is 22.2 Å². The zero-order valence-electron chi connectivity index (χ0n) is 11.5. The smallest absolute Gasteiger partial charge is 0.203 e. The molecule has 0 aliphatic rings. The van der Waals surface area contributed by atoms with E-state index in [9.17, 15) is 8.78 Å². The second kappa shape index (κ2) is 6.07. The molecule has 0 bridgehead atoms. The zero-order valence-corrected chi connectivity index (χ0v) is 12.3. The van der Waals surface area contributed by atoms with Crippen molar-refractivity contribution in [2.24, 2.45) is 5.10 Å². The van der Waals surface area contributed by atoms with Gasteiger partial charge in [0, 0.05) is 17.0 Å². The number of hydrogen-bond donors (Lipinski definition) is 1. The Labute approximate surface area is 129 Å². The van der Waals surface area contributed by atoms with Crippen LogP contribution in [0.1, 0.15) is 12.7 Å². The minimum atomic E-state index is -0.646. The Morgan fingerprint density at radius 3 is 2.91 bits per heavy atom. The van der Waals surface area contributed by atoms with Gasteiger partial charge in [0.15, 0.2) is 0 Å². The predicted molar refractivity (Wildman–Crippen MR) is 82.0 cm³/mol. The number of hydrogen-bond acceptors (Lipinski definition) is 5. The van der Waals surface area contributed by atoms with Crippen molar-refractivity contribution in [2.45, 2.75) is 6.92 Å². The number of benzene rings is 1. The largest absolute Gasteiger partial charge is 0.463 e. The van der Waals surface area contributed by atoms with Gasteiger partial charge < -0.3 is 4.42 Å².